The maximum Gasteiger partial charge on any atom is 0.198 e. The van der Waals surface area contributed by atoms with Gasteiger partial charge in [-0.05, 0) is 6.92 Å². The van der Waals surface area contributed by atoms with Crippen molar-refractivity contribution in [3.8, 4) is 5.06 Å². The zero-order valence-electron chi connectivity index (χ0n) is 12.3. The van der Waals surface area contributed by atoms with Crippen LogP contribution in [0.2, 0.25) is 0 Å². The van der Waals surface area contributed by atoms with Gasteiger partial charge < -0.3 is 9.47 Å². The number of Topliss-reactive ketones (excluding diaryl/α,β-unsaturated/α-hetero) is 1. The smallest absolute Gasteiger partial charge is 0.198 e. The van der Waals surface area contributed by atoms with Gasteiger partial charge >= 0.3 is 0 Å². The number of aliphatic imine (C=N–C) groups is 1. The van der Waals surface area contributed by atoms with Crippen LogP contribution in [0.5, 0.6) is 5.06 Å². The minimum absolute atomic E-state index is 0.0204. The predicted octanol–water partition coefficient (Wildman–Crippen LogP) is 3.63. The fraction of sp³-hybridized carbons (Fsp3) is 0.250. The SMILES string of the molecule is COC1=C(F)CC2=NC(C)=[C]C2=C1C(=O)c1csc(OC)c1. The maximum absolute atomic E-state index is 14.2. The molecular weight excluding hydrogens is 305 g/mol. The van der Waals surface area contributed by atoms with Crippen molar-refractivity contribution in [3.05, 3.63) is 51.5 Å². The van der Waals surface area contributed by atoms with Gasteiger partial charge in [-0.1, -0.05) is 0 Å². The quantitative estimate of drug-likeness (QED) is 0.797. The lowest BCUT2D eigenvalue weighted by Crippen LogP contribution is -2.18. The molecule has 0 unspecified atom stereocenters. The molecule has 0 fully saturated rings. The second-order valence-corrected chi connectivity index (χ2v) is 5.70. The molecule has 0 N–H and O–H groups in total. The topological polar surface area (TPSA) is 47.9 Å². The third-order valence-electron chi connectivity index (χ3n) is 3.41. The number of nitrogens with zero attached hydrogens (tertiary/aromatic N) is 1. The van der Waals surface area contributed by atoms with Crippen LogP contribution in [0, 0.1) is 6.08 Å². The van der Waals surface area contributed by atoms with E-state index in [2.05, 4.69) is 11.1 Å². The van der Waals surface area contributed by atoms with E-state index in [-0.39, 0.29) is 23.5 Å². The van der Waals surface area contributed by atoms with Crippen molar-refractivity contribution in [3.63, 3.8) is 0 Å². The zero-order valence-corrected chi connectivity index (χ0v) is 13.1. The number of thiophene rings is 1. The van der Waals surface area contributed by atoms with Crippen molar-refractivity contribution in [2.24, 2.45) is 4.99 Å². The Bertz CT molecular complexity index is 783. The minimum Gasteiger partial charge on any atom is -0.493 e. The first kappa shape index (κ1) is 14.7. The van der Waals surface area contributed by atoms with Crippen molar-refractivity contribution < 1.29 is 18.7 Å². The number of rotatable bonds is 4. The van der Waals surface area contributed by atoms with Crippen molar-refractivity contribution in [2.45, 2.75) is 13.3 Å². The third-order valence-corrected chi connectivity index (χ3v) is 4.30. The summed E-state index contributed by atoms with van der Waals surface area (Å²) in [5.41, 5.74) is 2.26. The normalized spacial score (nSPS) is 17.3. The molecule has 0 aromatic carbocycles. The fourth-order valence-corrected chi connectivity index (χ4v) is 3.18. The molecule has 0 saturated carbocycles. The Balaban J connectivity index is 2.13. The summed E-state index contributed by atoms with van der Waals surface area (Å²) < 4.78 is 24.5. The zero-order chi connectivity index (χ0) is 15.9. The molecular formula is C16H13FNO3S. The molecule has 0 saturated heterocycles. The van der Waals surface area contributed by atoms with Gasteiger partial charge in [0.25, 0.3) is 0 Å². The number of hydrogen-bond acceptors (Lipinski definition) is 5. The molecule has 1 aliphatic heterocycles. The van der Waals surface area contributed by atoms with E-state index in [1.807, 2.05) is 0 Å². The van der Waals surface area contributed by atoms with E-state index < -0.39 is 5.83 Å². The molecule has 113 valence electrons. The first-order chi connectivity index (χ1) is 10.5. The number of fused-ring (bicyclic) bond motifs is 1. The summed E-state index contributed by atoms with van der Waals surface area (Å²) in [5, 5.41) is 2.29. The third kappa shape index (κ3) is 2.29. The number of ketones is 1. The molecule has 22 heavy (non-hydrogen) atoms. The number of ether oxygens (including phenoxy) is 2. The number of hydrogen-bond donors (Lipinski definition) is 0. The highest BCUT2D eigenvalue weighted by Crippen LogP contribution is 2.37. The van der Waals surface area contributed by atoms with Gasteiger partial charge in [-0.2, -0.15) is 0 Å². The van der Waals surface area contributed by atoms with Crippen LogP contribution in [0.1, 0.15) is 23.7 Å². The van der Waals surface area contributed by atoms with Crippen LogP contribution in [-0.4, -0.2) is 25.7 Å². The molecule has 3 rings (SSSR count). The van der Waals surface area contributed by atoms with Crippen molar-refractivity contribution >= 4 is 22.8 Å². The largest absolute Gasteiger partial charge is 0.493 e. The highest BCUT2D eigenvalue weighted by Gasteiger charge is 2.34. The first-order valence-electron chi connectivity index (χ1n) is 6.58. The van der Waals surface area contributed by atoms with Crippen molar-refractivity contribution in [1.82, 2.24) is 0 Å². The summed E-state index contributed by atoms with van der Waals surface area (Å²) in [6.45, 7) is 1.76. The standard InChI is InChI=1S/C16H13FNO3S/c1-8-4-10-12(18-8)6-11(17)16(21-3)14(10)15(19)9-5-13(20-2)22-7-9/h5,7H,6H2,1-3H3. The maximum atomic E-state index is 14.2. The summed E-state index contributed by atoms with van der Waals surface area (Å²) in [6, 6.07) is 1.63. The van der Waals surface area contributed by atoms with E-state index in [1.54, 1.807) is 18.4 Å². The Morgan fingerprint density at radius 1 is 1.41 bits per heavy atom. The minimum atomic E-state index is -0.493. The number of carbonyl (C=O) groups excluding carboxylic acids is 1. The number of allylic oxidation sites excluding steroid dienone is 5. The van der Waals surface area contributed by atoms with Crippen LogP contribution in [0.3, 0.4) is 0 Å². The average molecular weight is 318 g/mol. The van der Waals surface area contributed by atoms with Gasteiger partial charge in [0, 0.05) is 40.8 Å². The molecule has 6 heteroatoms. The second-order valence-electron chi connectivity index (χ2n) is 4.82. The molecule has 2 heterocycles. The Labute approximate surface area is 131 Å². The Morgan fingerprint density at radius 3 is 2.82 bits per heavy atom. The molecule has 4 nitrogen and oxygen atoms in total. The van der Waals surface area contributed by atoms with E-state index in [1.165, 1.54) is 25.6 Å². The van der Waals surface area contributed by atoms with Gasteiger partial charge in [-0.3, -0.25) is 9.79 Å². The lowest BCUT2D eigenvalue weighted by atomic mass is 9.89. The Morgan fingerprint density at radius 2 is 2.18 bits per heavy atom. The van der Waals surface area contributed by atoms with E-state index in [4.69, 9.17) is 9.47 Å². The van der Waals surface area contributed by atoms with Gasteiger partial charge in [0.05, 0.1) is 25.5 Å². The van der Waals surface area contributed by atoms with Crippen molar-refractivity contribution in [1.29, 1.82) is 0 Å². The molecule has 2 aliphatic rings. The van der Waals surface area contributed by atoms with E-state index in [0.29, 0.717) is 27.6 Å². The Hall–Kier alpha value is -2.21. The lowest BCUT2D eigenvalue weighted by molar-refractivity contribution is 0.102. The van der Waals surface area contributed by atoms with Crippen LogP contribution < -0.4 is 4.74 Å². The molecule has 1 aromatic heterocycles. The summed E-state index contributed by atoms with van der Waals surface area (Å²) >= 11 is 1.31. The average Bonchev–Trinajstić information content (AvgIpc) is 3.10. The van der Waals surface area contributed by atoms with E-state index in [0.717, 1.165) is 0 Å². The Kier molecular flexibility index (Phi) is 3.70. The van der Waals surface area contributed by atoms with Crippen LogP contribution in [0.15, 0.2) is 44.9 Å². The molecule has 0 bridgehead atoms. The highest BCUT2D eigenvalue weighted by atomic mass is 32.1. The van der Waals surface area contributed by atoms with Gasteiger partial charge in [0.1, 0.15) is 5.83 Å². The van der Waals surface area contributed by atoms with Crippen LogP contribution in [-0.2, 0) is 4.74 Å². The van der Waals surface area contributed by atoms with Crippen LogP contribution in [0.4, 0.5) is 4.39 Å². The van der Waals surface area contributed by atoms with Gasteiger partial charge in [-0.25, -0.2) is 4.39 Å². The van der Waals surface area contributed by atoms with Gasteiger partial charge in [0.2, 0.25) is 0 Å². The number of halogens is 1. The monoisotopic (exact) mass is 318 g/mol. The summed E-state index contributed by atoms with van der Waals surface area (Å²) in [5.74, 6) is -0.852. The summed E-state index contributed by atoms with van der Waals surface area (Å²) in [4.78, 5) is 17.0. The molecule has 0 spiro atoms. The number of carbonyl (C=O) groups is 1. The molecule has 0 amide bonds. The number of methoxy groups -OCH3 is 2. The first-order valence-corrected chi connectivity index (χ1v) is 7.46. The predicted molar refractivity (Wildman–Crippen MR) is 81.9 cm³/mol. The molecule has 0 atom stereocenters. The van der Waals surface area contributed by atoms with Crippen molar-refractivity contribution in [2.75, 3.05) is 14.2 Å². The molecule has 1 aromatic rings. The van der Waals surface area contributed by atoms with Gasteiger partial charge in [0.15, 0.2) is 16.6 Å². The summed E-state index contributed by atoms with van der Waals surface area (Å²) in [7, 11) is 2.88. The second kappa shape index (κ2) is 5.53. The molecule has 1 radical (unpaired) electrons. The summed E-state index contributed by atoms with van der Waals surface area (Å²) in [6.07, 6.45) is 3.05. The van der Waals surface area contributed by atoms with Gasteiger partial charge in [-0.15, -0.1) is 11.3 Å². The molecule has 1 aliphatic carbocycles. The van der Waals surface area contributed by atoms with Crippen LogP contribution >= 0.6 is 11.3 Å². The highest BCUT2D eigenvalue weighted by molar-refractivity contribution is 7.12. The van der Waals surface area contributed by atoms with E-state index >= 15 is 0 Å². The fourth-order valence-electron chi connectivity index (χ4n) is 2.47. The lowest BCUT2D eigenvalue weighted by Gasteiger charge is -2.19. The van der Waals surface area contributed by atoms with Crippen LogP contribution in [0.25, 0.3) is 0 Å². The van der Waals surface area contributed by atoms with E-state index in [9.17, 15) is 9.18 Å².